The summed E-state index contributed by atoms with van der Waals surface area (Å²) in [6.07, 6.45) is -4.48. The van der Waals surface area contributed by atoms with Crippen LogP contribution in [0.3, 0.4) is 0 Å². The van der Waals surface area contributed by atoms with E-state index in [1.165, 1.54) is 11.8 Å². The van der Waals surface area contributed by atoms with Gasteiger partial charge >= 0.3 is 0 Å². The topological polar surface area (TPSA) is 90.2 Å². The Kier molecular flexibility index (Phi) is 4.82. The molecule has 0 bridgehead atoms. The molecule has 1 fully saturated rings. The minimum atomic E-state index is -1.27. The monoisotopic (exact) mass is 238 g/mol. The van der Waals surface area contributed by atoms with Crippen LogP contribution in [-0.2, 0) is 4.74 Å². The van der Waals surface area contributed by atoms with E-state index in [2.05, 4.69) is 0 Å². The minimum absolute atomic E-state index is 0.228. The van der Waals surface area contributed by atoms with Crippen molar-refractivity contribution in [3.05, 3.63) is 0 Å². The SMILES string of the molecule is CC(C)S[C@@H]1O[C@H](CO)[C@H](O)[C@@H](O)[C@@H]1O. The Balaban J connectivity index is 2.65. The van der Waals surface area contributed by atoms with Crippen LogP contribution in [0.4, 0.5) is 0 Å². The highest BCUT2D eigenvalue weighted by Crippen LogP contribution is 2.30. The molecule has 15 heavy (non-hydrogen) atoms. The quantitative estimate of drug-likeness (QED) is 0.500. The van der Waals surface area contributed by atoms with Gasteiger partial charge in [-0.3, -0.25) is 0 Å². The molecule has 1 saturated heterocycles. The summed E-state index contributed by atoms with van der Waals surface area (Å²) in [5.41, 5.74) is -0.611. The van der Waals surface area contributed by atoms with Crippen LogP contribution in [0, 0.1) is 0 Å². The molecule has 0 spiro atoms. The van der Waals surface area contributed by atoms with Gasteiger partial charge in [0.2, 0.25) is 0 Å². The van der Waals surface area contributed by atoms with Crippen molar-refractivity contribution in [3.8, 4) is 0 Å². The first-order valence-corrected chi connectivity index (χ1v) is 5.87. The van der Waals surface area contributed by atoms with Gasteiger partial charge in [0.05, 0.1) is 6.61 Å². The van der Waals surface area contributed by atoms with E-state index in [1.54, 1.807) is 0 Å². The van der Waals surface area contributed by atoms with Gasteiger partial charge < -0.3 is 25.2 Å². The molecule has 0 radical (unpaired) electrons. The fourth-order valence-electron chi connectivity index (χ4n) is 1.45. The molecule has 1 heterocycles. The van der Waals surface area contributed by atoms with E-state index in [0.717, 1.165) is 0 Å². The highest BCUT2D eigenvalue weighted by molar-refractivity contribution is 8.00. The van der Waals surface area contributed by atoms with Gasteiger partial charge in [-0.25, -0.2) is 0 Å². The number of ether oxygens (including phenoxy) is 1. The molecule has 0 aromatic heterocycles. The second-order valence-electron chi connectivity index (χ2n) is 3.88. The summed E-state index contributed by atoms with van der Waals surface area (Å²) in [5.74, 6) is 0. The van der Waals surface area contributed by atoms with Gasteiger partial charge in [-0.05, 0) is 0 Å². The minimum Gasteiger partial charge on any atom is -0.394 e. The van der Waals surface area contributed by atoms with E-state index in [1.807, 2.05) is 13.8 Å². The Morgan fingerprint density at radius 3 is 2.20 bits per heavy atom. The first-order valence-electron chi connectivity index (χ1n) is 4.93. The third-order valence-corrected chi connectivity index (χ3v) is 3.46. The lowest BCUT2D eigenvalue weighted by Crippen LogP contribution is -2.57. The second kappa shape index (κ2) is 5.47. The fourth-order valence-corrected chi connectivity index (χ4v) is 2.51. The van der Waals surface area contributed by atoms with Gasteiger partial charge in [-0.2, -0.15) is 0 Å². The predicted octanol–water partition coefficient (Wildman–Crippen LogP) is -1.07. The fraction of sp³-hybridized carbons (Fsp3) is 1.00. The number of thioether (sulfide) groups is 1. The smallest absolute Gasteiger partial charge is 0.132 e. The van der Waals surface area contributed by atoms with E-state index < -0.39 is 29.9 Å². The third kappa shape index (κ3) is 3.05. The standard InChI is InChI=1S/C9H18O5S/c1-4(2)15-9-8(13)7(12)6(11)5(3-10)14-9/h4-13H,3H2,1-2H3/t5-,6+,7-,8+,9+/m1/s1. The normalized spacial score (nSPS) is 42.2. The average molecular weight is 238 g/mol. The molecule has 0 unspecified atom stereocenters. The zero-order valence-electron chi connectivity index (χ0n) is 8.78. The van der Waals surface area contributed by atoms with E-state index in [0.29, 0.717) is 0 Å². The number of aliphatic hydroxyl groups is 4. The summed E-state index contributed by atoms with van der Waals surface area (Å²) in [7, 11) is 0. The first-order chi connectivity index (χ1) is 6.97. The summed E-state index contributed by atoms with van der Waals surface area (Å²) in [6, 6.07) is 0. The number of aliphatic hydroxyl groups excluding tert-OH is 4. The Bertz CT molecular complexity index is 199. The van der Waals surface area contributed by atoms with Gasteiger partial charge in [0.15, 0.2) is 0 Å². The summed E-state index contributed by atoms with van der Waals surface area (Å²) in [6.45, 7) is 3.50. The van der Waals surface area contributed by atoms with Crippen LogP contribution in [0.15, 0.2) is 0 Å². The maximum Gasteiger partial charge on any atom is 0.132 e. The van der Waals surface area contributed by atoms with Crippen molar-refractivity contribution in [2.75, 3.05) is 6.61 Å². The van der Waals surface area contributed by atoms with Crippen molar-refractivity contribution >= 4 is 11.8 Å². The van der Waals surface area contributed by atoms with E-state index in [4.69, 9.17) is 9.84 Å². The lowest BCUT2D eigenvalue weighted by molar-refractivity contribution is -0.205. The molecule has 5 nitrogen and oxygen atoms in total. The van der Waals surface area contributed by atoms with Gasteiger partial charge in [-0.15, -0.1) is 11.8 Å². The molecule has 90 valence electrons. The molecule has 0 aromatic rings. The van der Waals surface area contributed by atoms with E-state index >= 15 is 0 Å². The predicted molar refractivity (Wildman–Crippen MR) is 56.5 cm³/mol. The van der Waals surface area contributed by atoms with E-state index in [-0.39, 0.29) is 11.9 Å². The summed E-state index contributed by atoms with van der Waals surface area (Å²) in [4.78, 5) is 0. The van der Waals surface area contributed by atoms with Crippen molar-refractivity contribution in [2.45, 2.75) is 48.9 Å². The Labute approximate surface area is 93.1 Å². The number of hydrogen-bond acceptors (Lipinski definition) is 6. The summed E-state index contributed by atoms with van der Waals surface area (Å²) < 4.78 is 5.29. The Morgan fingerprint density at radius 1 is 1.13 bits per heavy atom. The molecule has 0 aromatic carbocycles. The molecule has 5 atom stereocenters. The highest BCUT2D eigenvalue weighted by Gasteiger charge is 2.43. The number of rotatable bonds is 3. The highest BCUT2D eigenvalue weighted by atomic mass is 32.2. The van der Waals surface area contributed by atoms with Crippen LogP contribution >= 0.6 is 11.8 Å². The summed E-state index contributed by atoms with van der Waals surface area (Å²) >= 11 is 1.35. The largest absolute Gasteiger partial charge is 0.394 e. The maximum atomic E-state index is 9.63. The third-order valence-electron chi connectivity index (χ3n) is 2.25. The van der Waals surface area contributed by atoms with Gasteiger partial charge in [-0.1, -0.05) is 13.8 Å². The molecular weight excluding hydrogens is 220 g/mol. The van der Waals surface area contributed by atoms with Crippen LogP contribution in [-0.4, -0.2) is 62.1 Å². The molecule has 0 amide bonds. The zero-order valence-corrected chi connectivity index (χ0v) is 9.59. The molecule has 0 saturated carbocycles. The maximum absolute atomic E-state index is 9.63. The molecule has 4 N–H and O–H groups in total. The number of hydrogen-bond donors (Lipinski definition) is 4. The van der Waals surface area contributed by atoms with Crippen molar-refractivity contribution in [1.82, 2.24) is 0 Å². The van der Waals surface area contributed by atoms with Gasteiger partial charge in [0, 0.05) is 5.25 Å². The second-order valence-corrected chi connectivity index (χ2v) is 5.56. The van der Waals surface area contributed by atoms with Crippen molar-refractivity contribution in [2.24, 2.45) is 0 Å². The lowest BCUT2D eigenvalue weighted by atomic mass is 10.0. The zero-order chi connectivity index (χ0) is 11.6. The van der Waals surface area contributed by atoms with Crippen LogP contribution in [0.5, 0.6) is 0 Å². The molecule has 0 aliphatic carbocycles. The first kappa shape index (κ1) is 13.2. The van der Waals surface area contributed by atoms with Crippen molar-refractivity contribution < 1.29 is 25.2 Å². The molecular formula is C9H18O5S. The van der Waals surface area contributed by atoms with Gasteiger partial charge in [0.1, 0.15) is 29.9 Å². The lowest BCUT2D eigenvalue weighted by Gasteiger charge is -2.40. The van der Waals surface area contributed by atoms with Crippen LogP contribution in [0.25, 0.3) is 0 Å². The Hall–Kier alpha value is 0.150. The summed E-state index contributed by atoms with van der Waals surface area (Å²) in [5, 5.41) is 37.8. The van der Waals surface area contributed by atoms with Crippen LogP contribution in [0.2, 0.25) is 0 Å². The molecule has 6 heteroatoms. The van der Waals surface area contributed by atoms with Crippen LogP contribution < -0.4 is 0 Å². The van der Waals surface area contributed by atoms with Gasteiger partial charge in [0.25, 0.3) is 0 Å². The van der Waals surface area contributed by atoms with Crippen molar-refractivity contribution in [1.29, 1.82) is 0 Å². The van der Waals surface area contributed by atoms with E-state index in [9.17, 15) is 15.3 Å². The molecule has 1 rings (SSSR count). The molecule has 1 aliphatic rings. The van der Waals surface area contributed by atoms with Crippen molar-refractivity contribution in [3.63, 3.8) is 0 Å². The Morgan fingerprint density at radius 2 is 1.73 bits per heavy atom. The van der Waals surface area contributed by atoms with Crippen LogP contribution in [0.1, 0.15) is 13.8 Å². The average Bonchev–Trinajstić information content (AvgIpc) is 2.18. The molecule has 1 aliphatic heterocycles.